The molecule has 1 aromatic heterocycles. The minimum absolute atomic E-state index is 0.298. The highest BCUT2D eigenvalue weighted by atomic mass is 32.2. The van der Waals surface area contributed by atoms with Gasteiger partial charge >= 0.3 is 0 Å². The minimum atomic E-state index is -3.53. The Morgan fingerprint density at radius 2 is 1.71 bits per heavy atom. The summed E-state index contributed by atoms with van der Waals surface area (Å²) in [6.07, 6.45) is 1.93. The lowest BCUT2D eigenvalue weighted by atomic mass is 10.0. The molecule has 5 nitrogen and oxygen atoms in total. The predicted molar refractivity (Wildman–Crippen MR) is 84.8 cm³/mol. The van der Waals surface area contributed by atoms with Gasteiger partial charge in [-0.15, -0.1) is 0 Å². The lowest BCUT2D eigenvalue weighted by molar-refractivity contribution is 0.475. The molecule has 1 aromatic rings. The zero-order chi connectivity index (χ0) is 16.0. The van der Waals surface area contributed by atoms with Gasteiger partial charge in [0, 0.05) is 18.7 Å². The van der Waals surface area contributed by atoms with E-state index in [1.165, 1.54) is 0 Å². The quantitative estimate of drug-likeness (QED) is 0.735. The van der Waals surface area contributed by atoms with Crippen LogP contribution in [0.3, 0.4) is 0 Å². The van der Waals surface area contributed by atoms with Gasteiger partial charge in [-0.2, -0.15) is 0 Å². The van der Waals surface area contributed by atoms with E-state index in [0.29, 0.717) is 35.4 Å². The van der Waals surface area contributed by atoms with Gasteiger partial charge < -0.3 is 9.73 Å². The largest absolute Gasteiger partial charge is 0.465 e. The molecule has 2 N–H and O–H groups in total. The summed E-state index contributed by atoms with van der Waals surface area (Å²) in [5, 5.41) is 3.17. The summed E-state index contributed by atoms with van der Waals surface area (Å²) in [5.41, 5.74) is 0.728. The number of furan rings is 1. The van der Waals surface area contributed by atoms with Gasteiger partial charge in [0.2, 0.25) is 10.0 Å². The third kappa shape index (κ3) is 4.56. The molecule has 21 heavy (non-hydrogen) atoms. The molecule has 0 aliphatic carbocycles. The summed E-state index contributed by atoms with van der Waals surface area (Å²) >= 11 is 0. The Morgan fingerprint density at radius 1 is 1.10 bits per heavy atom. The maximum atomic E-state index is 12.6. The van der Waals surface area contributed by atoms with E-state index in [9.17, 15) is 8.42 Å². The van der Waals surface area contributed by atoms with Crippen LogP contribution in [0.4, 0.5) is 0 Å². The molecule has 0 atom stereocenters. The summed E-state index contributed by atoms with van der Waals surface area (Å²) < 4.78 is 33.4. The fraction of sp³-hybridized carbons (Fsp3) is 0.733. The number of aryl methyl sites for hydroxylation is 2. The molecule has 0 aliphatic heterocycles. The van der Waals surface area contributed by atoms with Gasteiger partial charge in [-0.25, -0.2) is 13.1 Å². The van der Waals surface area contributed by atoms with E-state index in [-0.39, 0.29) is 0 Å². The Balaban J connectivity index is 3.01. The molecule has 0 fully saturated rings. The Kier molecular flexibility index (Phi) is 6.90. The first-order chi connectivity index (χ1) is 9.87. The van der Waals surface area contributed by atoms with Crippen LogP contribution in [0.15, 0.2) is 9.31 Å². The van der Waals surface area contributed by atoms with Gasteiger partial charge in [-0.3, -0.25) is 0 Å². The van der Waals surface area contributed by atoms with Crippen LogP contribution >= 0.6 is 0 Å². The topological polar surface area (TPSA) is 71.3 Å². The first-order valence-electron chi connectivity index (χ1n) is 7.66. The van der Waals surface area contributed by atoms with E-state index < -0.39 is 10.0 Å². The van der Waals surface area contributed by atoms with E-state index in [1.807, 2.05) is 6.92 Å². The fourth-order valence-electron chi connectivity index (χ4n) is 2.39. The molecule has 1 rings (SSSR count). The highest BCUT2D eigenvalue weighted by molar-refractivity contribution is 7.89. The molecule has 0 saturated heterocycles. The van der Waals surface area contributed by atoms with Crippen LogP contribution in [-0.2, 0) is 16.6 Å². The van der Waals surface area contributed by atoms with Crippen molar-refractivity contribution in [2.24, 2.45) is 5.92 Å². The molecule has 0 unspecified atom stereocenters. The maximum absolute atomic E-state index is 12.6. The molecule has 122 valence electrons. The average molecular weight is 316 g/mol. The number of sulfonamides is 1. The van der Waals surface area contributed by atoms with Crippen LogP contribution < -0.4 is 10.0 Å². The zero-order valence-electron chi connectivity index (χ0n) is 13.7. The standard InChI is InChI=1S/C15H28N2O3S/c1-6-13(7-2)9-17-21(18,19)15-12(5)20-11(4)14(15)10-16-8-3/h13,16-17H,6-10H2,1-5H3. The molecule has 0 radical (unpaired) electrons. The van der Waals surface area contributed by atoms with E-state index >= 15 is 0 Å². The smallest absolute Gasteiger partial charge is 0.244 e. The summed E-state index contributed by atoms with van der Waals surface area (Å²) in [4.78, 5) is 0.298. The van der Waals surface area contributed by atoms with Crippen molar-refractivity contribution in [2.45, 2.75) is 58.9 Å². The maximum Gasteiger partial charge on any atom is 0.244 e. The number of rotatable bonds is 9. The normalized spacial score (nSPS) is 12.3. The highest BCUT2D eigenvalue weighted by Gasteiger charge is 2.26. The van der Waals surface area contributed by atoms with Crippen molar-refractivity contribution in [1.82, 2.24) is 10.0 Å². The minimum Gasteiger partial charge on any atom is -0.465 e. The van der Waals surface area contributed by atoms with Gasteiger partial charge in [-0.1, -0.05) is 33.6 Å². The van der Waals surface area contributed by atoms with Crippen molar-refractivity contribution in [2.75, 3.05) is 13.1 Å². The second kappa shape index (κ2) is 7.96. The summed E-state index contributed by atoms with van der Waals surface area (Å²) in [6.45, 7) is 11.4. The molecule has 0 aliphatic rings. The molecule has 1 heterocycles. The van der Waals surface area contributed by atoms with Gasteiger partial charge in [0.1, 0.15) is 16.4 Å². The highest BCUT2D eigenvalue weighted by Crippen LogP contribution is 2.26. The van der Waals surface area contributed by atoms with Crippen LogP contribution in [-0.4, -0.2) is 21.5 Å². The monoisotopic (exact) mass is 316 g/mol. The van der Waals surface area contributed by atoms with Crippen molar-refractivity contribution in [3.63, 3.8) is 0 Å². The van der Waals surface area contributed by atoms with E-state index in [0.717, 1.165) is 24.9 Å². The molecular weight excluding hydrogens is 288 g/mol. The molecule has 0 spiro atoms. The lowest BCUT2D eigenvalue weighted by Gasteiger charge is -2.14. The molecule has 0 bridgehead atoms. The first-order valence-corrected chi connectivity index (χ1v) is 9.14. The Hall–Kier alpha value is -0.850. The summed E-state index contributed by atoms with van der Waals surface area (Å²) in [6, 6.07) is 0. The third-order valence-corrected chi connectivity index (χ3v) is 5.48. The van der Waals surface area contributed by atoms with Crippen molar-refractivity contribution >= 4 is 10.0 Å². The number of nitrogens with one attached hydrogen (secondary N) is 2. The molecular formula is C15H28N2O3S. The van der Waals surface area contributed by atoms with Crippen LogP contribution in [0.2, 0.25) is 0 Å². The Morgan fingerprint density at radius 3 is 2.24 bits per heavy atom. The van der Waals surface area contributed by atoms with E-state index in [2.05, 4.69) is 23.9 Å². The van der Waals surface area contributed by atoms with Crippen molar-refractivity contribution in [3.8, 4) is 0 Å². The molecule has 0 saturated carbocycles. The van der Waals surface area contributed by atoms with Crippen LogP contribution in [0.1, 0.15) is 50.7 Å². The summed E-state index contributed by atoms with van der Waals surface area (Å²) in [5.74, 6) is 1.49. The third-order valence-electron chi connectivity index (χ3n) is 3.86. The van der Waals surface area contributed by atoms with E-state index in [4.69, 9.17) is 4.42 Å². The first kappa shape index (κ1) is 18.2. The second-order valence-corrected chi connectivity index (χ2v) is 7.04. The molecule has 6 heteroatoms. The fourth-order valence-corrected chi connectivity index (χ4v) is 3.95. The van der Waals surface area contributed by atoms with Crippen LogP contribution in [0.25, 0.3) is 0 Å². The average Bonchev–Trinajstić information content (AvgIpc) is 2.72. The SMILES string of the molecule is CCNCc1c(C)oc(C)c1S(=O)(=O)NCC(CC)CC. The molecule has 0 aromatic carbocycles. The van der Waals surface area contributed by atoms with Gasteiger partial charge in [0.05, 0.1) is 0 Å². The van der Waals surface area contributed by atoms with Gasteiger partial charge in [-0.05, 0) is 26.3 Å². The van der Waals surface area contributed by atoms with Crippen molar-refractivity contribution in [1.29, 1.82) is 0 Å². The van der Waals surface area contributed by atoms with Crippen LogP contribution in [0, 0.1) is 19.8 Å². The number of hydrogen-bond acceptors (Lipinski definition) is 4. The predicted octanol–water partition coefficient (Wildman–Crippen LogP) is 2.72. The second-order valence-electron chi connectivity index (χ2n) is 5.34. The van der Waals surface area contributed by atoms with Gasteiger partial charge in [0.25, 0.3) is 0 Å². The molecule has 0 amide bonds. The van der Waals surface area contributed by atoms with E-state index in [1.54, 1.807) is 13.8 Å². The van der Waals surface area contributed by atoms with Crippen LogP contribution in [0.5, 0.6) is 0 Å². The zero-order valence-corrected chi connectivity index (χ0v) is 14.6. The van der Waals surface area contributed by atoms with Gasteiger partial charge in [0.15, 0.2) is 0 Å². The lowest BCUT2D eigenvalue weighted by Crippen LogP contribution is -2.30. The Labute approximate surface area is 128 Å². The number of hydrogen-bond donors (Lipinski definition) is 2. The Bertz CT molecular complexity index is 546. The van der Waals surface area contributed by atoms with Crippen molar-refractivity contribution < 1.29 is 12.8 Å². The van der Waals surface area contributed by atoms with Crippen molar-refractivity contribution in [3.05, 3.63) is 17.1 Å². The summed E-state index contributed by atoms with van der Waals surface area (Å²) in [7, 11) is -3.53.